The Hall–Kier alpha value is -2.68. The zero-order chi connectivity index (χ0) is 18.8. The van der Waals surface area contributed by atoms with Gasteiger partial charge in [0.2, 0.25) is 0 Å². The SMILES string of the molecule is Cc1ccc(C)c(NCc2cc(-c3cccc(F)c3)cc(C)c2F)c1C. The number of aryl methyl sites for hydroxylation is 3. The molecule has 0 saturated heterocycles. The Kier molecular flexibility index (Phi) is 5.08. The number of rotatable bonds is 4. The molecule has 1 nitrogen and oxygen atoms in total. The summed E-state index contributed by atoms with van der Waals surface area (Å²) in [5, 5.41) is 3.38. The van der Waals surface area contributed by atoms with Crippen LogP contribution in [-0.4, -0.2) is 0 Å². The normalized spacial score (nSPS) is 10.8. The minimum absolute atomic E-state index is 0.222. The fourth-order valence-electron chi connectivity index (χ4n) is 3.21. The lowest BCUT2D eigenvalue weighted by Gasteiger charge is -2.16. The van der Waals surface area contributed by atoms with E-state index in [2.05, 4.69) is 31.3 Å². The van der Waals surface area contributed by atoms with Gasteiger partial charge in [0.15, 0.2) is 0 Å². The molecule has 0 heterocycles. The van der Waals surface area contributed by atoms with Gasteiger partial charge >= 0.3 is 0 Å². The zero-order valence-corrected chi connectivity index (χ0v) is 15.6. The number of hydrogen-bond donors (Lipinski definition) is 1. The van der Waals surface area contributed by atoms with E-state index in [1.807, 2.05) is 13.0 Å². The molecule has 0 aliphatic heterocycles. The molecule has 134 valence electrons. The quantitative estimate of drug-likeness (QED) is 0.567. The van der Waals surface area contributed by atoms with Crippen molar-refractivity contribution in [3.05, 3.63) is 88.0 Å². The average Bonchev–Trinajstić information content (AvgIpc) is 2.61. The minimum Gasteiger partial charge on any atom is -0.380 e. The maximum absolute atomic E-state index is 14.6. The minimum atomic E-state index is -0.296. The summed E-state index contributed by atoms with van der Waals surface area (Å²) < 4.78 is 28.2. The van der Waals surface area contributed by atoms with Crippen molar-refractivity contribution in [3.8, 4) is 11.1 Å². The smallest absolute Gasteiger partial charge is 0.131 e. The first kappa shape index (κ1) is 18.1. The van der Waals surface area contributed by atoms with Crippen LogP contribution in [0.25, 0.3) is 11.1 Å². The van der Waals surface area contributed by atoms with Gasteiger partial charge in [-0.3, -0.25) is 0 Å². The number of nitrogens with one attached hydrogen (secondary N) is 1. The second-order valence-electron chi connectivity index (χ2n) is 6.83. The molecule has 0 radical (unpaired) electrons. The number of hydrogen-bond acceptors (Lipinski definition) is 1. The van der Waals surface area contributed by atoms with Crippen molar-refractivity contribution in [1.29, 1.82) is 0 Å². The summed E-state index contributed by atoms with van der Waals surface area (Å²) in [5.74, 6) is -0.518. The van der Waals surface area contributed by atoms with Crippen LogP contribution < -0.4 is 5.32 Å². The fourth-order valence-corrected chi connectivity index (χ4v) is 3.21. The van der Waals surface area contributed by atoms with Gasteiger partial charge in [-0.15, -0.1) is 0 Å². The summed E-state index contributed by atoms with van der Waals surface area (Å²) in [5.41, 5.74) is 7.23. The molecule has 0 aromatic heterocycles. The van der Waals surface area contributed by atoms with Crippen LogP contribution in [0.15, 0.2) is 48.5 Å². The van der Waals surface area contributed by atoms with E-state index >= 15 is 0 Å². The first-order valence-electron chi connectivity index (χ1n) is 8.72. The molecule has 0 amide bonds. The topological polar surface area (TPSA) is 12.0 Å². The van der Waals surface area contributed by atoms with E-state index in [4.69, 9.17) is 0 Å². The second-order valence-corrected chi connectivity index (χ2v) is 6.83. The van der Waals surface area contributed by atoms with E-state index in [-0.39, 0.29) is 11.6 Å². The molecule has 0 bridgehead atoms. The van der Waals surface area contributed by atoms with Crippen LogP contribution in [0.2, 0.25) is 0 Å². The summed E-state index contributed by atoms with van der Waals surface area (Å²) in [6.45, 7) is 8.29. The van der Waals surface area contributed by atoms with E-state index in [1.165, 1.54) is 23.3 Å². The maximum Gasteiger partial charge on any atom is 0.131 e. The lowest BCUT2D eigenvalue weighted by atomic mass is 9.99. The Bertz CT molecular complexity index is 961. The first-order chi connectivity index (χ1) is 12.4. The Morgan fingerprint density at radius 1 is 0.769 bits per heavy atom. The lowest BCUT2D eigenvalue weighted by Crippen LogP contribution is -2.06. The summed E-state index contributed by atoms with van der Waals surface area (Å²) in [6.07, 6.45) is 0. The van der Waals surface area contributed by atoms with Gasteiger partial charge in [0.05, 0.1) is 0 Å². The van der Waals surface area contributed by atoms with Crippen molar-refractivity contribution in [3.63, 3.8) is 0 Å². The van der Waals surface area contributed by atoms with Gasteiger partial charge in [0.1, 0.15) is 11.6 Å². The third-order valence-electron chi connectivity index (χ3n) is 4.89. The average molecular weight is 351 g/mol. The Balaban J connectivity index is 1.95. The summed E-state index contributed by atoms with van der Waals surface area (Å²) >= 11 is 0. The van der Waals surface area contributed by atoms with Crippen LogP contribution >= 0.6 is 0 Å². The van der Waals surface area contributed by atoms with Gasteiger partial charge in [0, 0.05) is 17.8 Å². The second kappa shape index (κ2) is 7.28. The van der Waals surface area contributed by atoms with Crippen LogP contribution in [0.4, 0.5) is 14.5 Å². The number of anilines is 1. The van der Waals surface area contributed by atoms with Crippen molar-refractivity contribution in [2.45, 2.75) is 34.2 Å². The molecule has 0 aliphatic carbocycles. The Morgan fingerprint density at radius 3 is 2.23 bits per heavy atom. The summed E-state index contributed by atoms with van der Waals surface area (Å²) in [7, 11) is 0. The van der Waals surface area contributed by atoms with Crippen molar-refractivity contribution in [1.82, 2.24) is 0 Å². The zero-order valence-electron chi connectivity index (χ0n) is 15.6. The first-order valence-corrected chi connectivity index (χ1v) is 8.72. The standard InChI is InChI=1S/C23H23F2N/c1-14-8-9-15(2)23(17(14)4)26-13-20-11-19(10-16(3)22(20)25)18-6-5-7-21(24)12-18/h5-12,26H,13H2,1-4H3. The molecule has 1 N–H and O–H groups in total. The lowest BCUT2D eigenvalue weighted by molar-refractivity contribution is 0.604. The molecule has 0 spiro atoms. The van der Waals surface area contributed by atoms with Gasteiger partial charge < -0.3 is 5.32 Å². The molecular weight excluding hydrogens is 328 g/mol. The van der Waals surface area contributed by atoms with Gasteiger partial charge in [-0.25, -0.2) is 8.78 Å². The van der Waals surface area contributed by atoms with E-state index in [0.29, 0.717) is 17.7 Å². The van der Waals surface area contributed by atoms with Crippen LogP contribution in [0.5, 0.6) is 0 Å². The highest BCUT2D eigenvalue weighted by Gasteiger charge is 2.11. The van der Waals surface area contributed by atoms with Crippen LogP contribution in [0, 0.1) is 39.3 Å². The monoisotopic (exact) mass is 351 g/mol. The summed E-state index contributed by atoms with van der Waals surface area (Å²) in [6, 6.07) is 14.1. The fraction of sp³-hybridized carbons (Fsp3) is 0.217. The molecule has 0 atom stereocenters. The highest BCUT2D eigenvalue weighted by molar-refractivity contribution is 5.66. The van der Waals surface area contributed by atoms with E-state index in [1.54, 1.807) is 25.1 Å². The molecule has 3 heteroatoms. The molecule has 0 saturated carbocycles. The predicted molar refractivity (Wildman–Crippen MR) is 105 cm³/mol. The molecule has 3 aromatic rings. The van der Waals surface area contributed by atoms with Crippen molar-refractivity contribution in [2.24, 2.45) is 0 Å². The molecule has 0 aliphatic rings. The maximum atomic E-state index is 14.6. The predicted octanol–water partition coefficient (Wildman–Crippen LogP) is 6.48. The number of halogens is 2. The highest BCUT2D eigenvalue weighted by Crippen LogP contribution is 2.28. The molecule has 0 fully saturated rings. The Labute approximate surface area is 153 Å². The van der Waals surface area contributed by atoms with Crippen molar-refractivity contribution >= 4 is 5.69 Å². The third-order valence-corrected chi connectivity index (χ3v) is 4.89. The van der Waals surface area contributed by atoms with Crippen LogP contribution in [0.3, 0.4) is 0 Å². The van der Waals surface area contributed by atoms with Crippen molar-refractivity contribution < 1.29 is 8.78 Å². The van der Waals surface area contributed by atoms with Crippen LogP contribution in [0.1, 0.15) is 27.8 Å². The Morgan fingerprint density at radius 2 is 1.50 bits per heavy atom. The third kappa shape index (κ3) is 3.62. The molecule has 3 rings (SSSR count). The molecular formula is C23H23F2N. The van der Waals surface area contributed by atoms with E-state index in [0.717, 1.165) is 22.4 Å². The molecule has 0 unspecified atom stereocenters. The van der Waals surface area contributed by atoms with Gasteiger partial charge in [-0.2, -0.15) is 0 Å². The van der Waals surface area contributed by atoms with E-state index < -0.39 is 0 Å². The molecule has 26 heavy (non-hydrogen) atoms. The van der Waals surface area contributed by atoms with E-state index in [9.17, 15) is 8.78 Å². The van der Waals surface area contributed by atoms with Crippen molar-refractivity contribution in [2.75, 3.05) is 5.32 Å². The van der Waals surface area contributed by atoms with Gasteiger partial charge in [0.25, 0.3) is 0 Å². The summed E-state index contributed by atoms with van der Waals surface area (Å²) in [4.78, 5) is 0. The van der Waals surface area contributed by atoms with Gasteiger partial charge in [-0.1, -0.05) is 24.3 Å². The molecule has 3 aromatic carbocycles. The highest BCUT2D eigenvalue weighted by atomic mass is 19.1. The van der Waals surface area contributed by atoms with Crippen LogP contribution in [-0.2, 0) is 6.54 Å². The van der Waals surface area contributed by atoms with Gasteiger partial charge in [-0.05, 0) is 85.3 Å². The number of benzene rings is 3. The largest absolute Gasteiger partial charge is 0.380 e.